The molecule has 4 rings (SSSR count). The zero-order valence-electron chi connectivity index (χ0n) is 15.2. The van der Waals surface area contributed by atoms with Crippen molar-refractivity contribution < 1.29 is 19.1 Å². The van der Waals surface area contributed by atoms with Gasteiger partial charge in [-0.3, -0.25) is 4.79 Å². The van der Waals surface area contributed by atoms with Crippen molar-refractivity contribution in [2.75, 3.05) is 5.32 Å². The van der Waals surface area contributed by atoms with E-state index in [0.29, 0.717) is 16.3 Å². The Balaban J connectivity index is 1.66. The van der Waals surface area contributed by atoms with Crippen LogP contribution in [0.4, 0.5) is 9.39 Å². The predicted octanol–water partition coefficient (Wildman–Crippen LogP) is 5.76. The average Bonchev–Trinajstić information content (AvgIpc) is 3.04. The molecule has 3 aromatic rings. The Morgan fingerprint density at radius 1 is 1.10 bits per heavy atom. The van der Waals surface area contributed by atoms with Crippen LogP contribution in [0.2, 0.25) is 4.34 Å². The number of fused-ring (bicyclic) bond motifs is 1. The smallest absolute Gasteiger partial charge is 0.339 e. The Kier molecular flexibility index (Phi) is 5.39. The fourth-order valence-electron chi connectivity index (χ4n) is 3.80. The molecule has 29 heavy (non-hydrogen) atoms. The van der Waals surface area contributed by atoms with Crippen LogP contribution in [0.3, 0.4) is 0 Å². The molecular formula is C22H17ClFNO3S. The molecule has 1 atom stereocenters. The highest BCUT2D eigenvalue weighted by atomic mass is 35.5. The Bertz CT molecular complexity index is 1090. The maximum atomic E-state index is 13.1. The molecule has 1 heterocycles. The minimum Gasteiger partial charge on any atom is -0.478 e. The molecule has 0 bridgehead atoms. The second-order valence-electron chi connectivity index (χ2n) is 6.97. The van der Waals surface area contributed by atoms with Gasteiger partial charge >= 0.3 is 5.97 Å². The number of nitrogens with one attached hydrogen (secondary N) is 1. The molecule has 1 amide bonds. The first-order valence-corrected chi connectivity index (χ1v) is 10.3. The highest BCUT2D eigenvalue weighted by molar-refractivity contribution is 7.20. The number of rotatable bonds is 4. The molecule has 1 unspecified atom stereocenters. The number of benzene rings is 2. The van der Waals surface area contributed by atoms with Gasteiger partial charge in [0.1, 0.15) is 10.8 Å². The predicted molar refractivity (Wildman–Crippen MR) is 112 cm³/mol. The lowest BCUT2D eigenvalue weighted by molar-refractivity contribution is 0.0696. The van der Waals surface area contributed by atoms with Crippen molar-refractivity contribution in [3.8, 4) is 0 Å². The van der Waals surface area contributed by atoms with E-state index in [-0.39, 0.29) is 22.0 Å². The average molecular weight is 430 g/mol. The molecule has 2 N–H and O–H groups in total. The van der Waals surface area contributed by atoms with E-state index in [1.165, 1.54) is 35.4 Å². The standard InChI is InChI=1S/C22H17ClFNO3S/c23-19-17(15-6-5-12-3-1-2-4-14(12)11-15)18(22(27)28)21(29-19)25-20(26)13-7-9-16(24)10-8-13/h1-4,7-10,15H,5-6,11H2,(H,25,26)(H,27,28). The van der Waals surface area contributed by atoms with Crippen LogP contribution < -0.4 is 5.32 Å². The summed E-state index contributed by atoms with van der Waals surface area (Å²) >= 11 is 7.51. The highest BCUT2D eigenvalue weighted by Gasteiger charge is 2.31. The van der Waals surface area contributed by atoms with E-state index in [1.54, 1.807) is 0 Å². The summed E-state index contributed by atoms with van der Waals surface area (Å²) in [5.74, 6) is -2.12. The number of carbonyl (C=O) groups is 2. The van der Waals surface area contributed by atoms with Crippen molar-refractivity contribution in [3.05, 3.63) is 86.5 Å². The SMILES string of the molecule is O=C(Nc1sc(Cl)c(C2CCc3ccccc3C2)c1C(=O)O)c1ccc(F)cc1. The first-order chi connectivity index (χ1) is 13.9. The summed E-state index contributed by atoms with van der Waals surface area (Å²) in [6.45, 7) is 0. The molecule has 148 valence electrons. The molecule has 0 saturated heterocycles. The first-order valence-electron chi connectivity index (χ1n) is 9.13. The zero-order valence-corrected chi connectivity index (χ0v) is 16.8. The van der Waals surface area contributed by atoms with Gasteiger partial charge in [0.05, 0.1) is 9.90 Å². The van der Waals surface area contributed by atoms with Gasteiger partial charge in [0.2, 0.25) is 0 Å². The van der Waals surface area contributed by atoms with Crippen molar-refractivity contribution in [1.29, 1.82) is 0 Å². The lowest BCUT2D eigenvalue weighted by atomic mass is 9.80. The number of aryl methyl sites for hydroxylation is 1. The van der Waals surface area contributed by atoms with Gasteiger partial charge in [-0.2, -0.15) is 0 Å². The molecule has 0 spiro atoms. The quantitative estimate of drug-likeness (QED) is 0.553. The maximum absolute atomic E-state index is 13.1. The summed E-state index contributed by atoms with van der Waals surface area (Å²) in [4.78, 5) is 24.6. The van der Waals surface area contributed by atoms with E-state index in [9.17, 15) is 19.1 Å². The summed E-state index contributed by atoms with van der Waals surface area (Å²) in [5.41, 5.74) is 3.32. The van der Waals surface area contributed by atoms with Crippen molar-refractivity contribution >= 4 is 39.8 Å². The molecule has 2 aromatic carbocycles. The van der Waals surface area contributed by atoms with Gasteiger partial charge in [-0.05, 0) is 60.6 Å². The molecule has 0 radical (unpaired) electrons. The molecule has 1 aliphatic carbocycles. The van der Waals surface area contributed by atoms with Gasteiger partial charge in [-0.15, -0.1) is 11.3 Å². The second-order valence-corrected chi connectivity index (χ2v) is 8.59. The summed E-state index contributed by atoms with van der Waals surface area (Å²) in [6.07, 6.45) is 2.35. The number of anilines is 1. The highest BCUT2D eigenvalue weighted by Crippen LogP contribution is 2.45. The zero-order chi connectivity index (χ0) is 20.5. The Morgan fingerprint density at radius 2 is 1.79 bits per heavy atom. The van der Waals surface area contributed by atoms with Crippen LogP contribution in [0, 0.1) is 5.82 Å². The van der Waals surface area contributed by atoms with Crippen LogP contribution in [-0.2, 0) is 12.8 Å². The van der Waals surface area contributed by atoms with Gasteiger partial charge in [-0.1, -0.05) is 35.9 Å². The number of carboxylic acid groups (broad SMARTS) is 1. The van der Waals surface area contributed by atoms with E-state index < -0.39 is 17.7 Å². The minimum absolute atomic E-state index is 0.0313. The number of aromatic carboxylic acids is 1. The number of halogens is 2. The monoisotopic (exact) mass is 429 g/mol. The Morgan fingerprint density at radius 3 is 2.48 bits per heavy atom. The third-order valence-corrected chi connectivity index (χ3v) is 6.55. The van der Waals surface area contributed by atoms with E-state index in [0.717, 1.165) is 24.2 Å². The number of hydrogen-bond acceptors (Lipinski definition) is 3. The molecular weight excluding hydrogens is 413 g/mol. The van der Waals surface area contributed by atoms with Crippen LogP contribution in [0.5, 0.6) is 0 Å². The maximum Gasteiger partial charge on any atom is 0.339 e. The molecule has 1 aromatic heterocycles. The first kappa shape index (κ1) is 19.6. The largest absolute Gasteiger partial charge is 0.478 e. The minimum atomic E-state index is -1.13. The molecule has 7 heteroatoms. The molecule has 0 saturated carbocycles. The van der Waals surface area contributed by atoms with Gasteiger partial charge in [-0.25, -0.2) is 9.18 Å². The third-order valence-electron chi connectivity index (χ3n) is 5.20. The fourth-order valence-corrected chi connectivity index (χ4v) is 5.28. The lowest BCUT2D eigenvalue weighted by Crippen LogP contribution is -2.17. The summed E-state index contributed by atoms with van der Waals surface area (Å²) in [7, 11) is 0. The van der Waals surface area contributed by atoms with Crippen molar-refractivity contribution in [2.45, 2.75) is 25.2 Å². The van der Waals surface area contributed by atoms with E-state index in [1.807, 2.05) is 12.1 Å². The Labute approximate surface area is 176 Å². The summed E-state index contributed by atoms with van der Waals surface area (Å²) < 4.78 is 13.5. The molecule has 4 nitrogen and oxygen atoms in total. The summed E-state index contributed by atoms with van der Waals surface area (Å²) in [5, 5.41) is 12.7. The van der Waals surface area contributed by atoms with E-state index in [2.05, 4.69) is 17.4 Å². The Hall–Kier alpha value is -2.70. The topological polar surface area (TPSA) is 66.4 Å². The molecule has 1 aliphatic rings. The van der Waals surface area contributed by atoms with E-state index >= 15 is 0 Å². The molecule has 0 fully saturated rings. The van der Waals surface area contributed by atoms with Gasteiger partial charge in [0.25, 0.3) is 5.91 Å². The normalized spacial score (nSPS) is 15.6. The van der Waals surface area contributed by atoms with Gasteiger partial charge in [0, 0.05) is 11.1 Å². The van der Waals surface area contributed by atoms with Crippen molar-refractivity contribution in [2.24, 2.45) is 0 Å². The number of hydrogen-bond donors (Lipinski definition) is 2. The number of thiophene rings is 1. The second kappa shape index (κ2) is 7.97. The number of carbonyl (C=O) groups excluding carboxylic acids is 1. The summed E-state index contributed by atoms with van der Waals surface area (Å²) in [6, 6.07) is 13.2. The van der Waals surface area contributed by atoms with Crippen LogP contribution in [0.15, 0.2) is 48.5 Å². The number of amides is 1. The van der Waals surface area contributed by atoms with Crippen LogP contribution in [0.1, 0.15) is 49.7 Å². The lowest BCUT2D eigenvalue weighted by Gasteiger charge is -2.25. The van der Waals surface area contributed by atoms with Crippen LogP contribution in [-0.4, -0.2) is 17.0 Å². The van der Waals surface area contributed by atoms with Crippen LogP contribution >= 0.6 is 22.9 Å². The number of carboxylic acids is 1. The third kappa shape index (κ3) is 3.91. The fraction of sp³-hybridized carbons (Fsp3) is 0.182. The van der Waals surface area contributed by atoms with Crippen molar-refractivity contribution in [3.63, 3.8) is 0 Å². The van der Waals surface area contributed by atoms with Gasteiger partial charge < -0.3 is 10.4 Å². The van der Waals surface area contributed by atoms with Gasteiger partial charge in [0.15, 0.2) is 0 Å². The van der Waals surface area contributed by atoms with Crippen molar-refractivity contribution in [1.82, 2.24) is 0 Å². The van der Waals surface area contributed by atoms with Crippen LogP contribution in [0.25, 0.3) is 0 Å². The molecule has 0 aliphatic heterocycles. The van der Waals surface area contributed by atoms with E-state index in [4.69, 9.17) is 11.6 Å².